The van der Waals surface area contributed by atoms with Gasteiger partial charge in [0.2, 0.25) is 0 Å². The predicted octanol–water partition coefficient (Wildman–Crippen LogP) is 4.27. The van der Waals surface area contributed by atoms with Crippen LogP contribution in [-0.4, -0.2) is 20.2 Å². The summed E-state index contributed by atoms with van der Waals surface area (Å²) in [6.07, 6.45) is 3.60. The number of nitrogens with one attached hydrogen (secondary N) is 1. The molecule has 0 unspecified atom stereocenters. The summed E-state index contributed by atoms with van der Waals surface area (Å²) in [6.45, 7) is 13.3. The second-order valence-electron chi connectivity index (χ2n) is 6.53. The molecule has 0 amide bonds. The average Bonchev–Trinajstić information content (AvgIpc) is 2.36. The first kappa shape index (κ1) is 17.0. The molecular formula is C18H31NO. The van der Waals surface area contributed by atoms with Crippen molar-refractivity contribution >= 4 is 0 Å². The van der Waals surface area contributed by atoms with Crippen molar-refractivity contribution in [1.29, 1.82) is 0 Å². The molecule has 0 atom stereocenters. The zero-order valence-corrected chi connectivity index (χ0v) is 14.1. The third kappa shape index (κ3) is 5.16. The summed E-state index contributed by atoms with van der Waals surface area (Å²) in [5.41, 5.74) is 4.31. The molecule has 0 saturated heterocycles. The molecule has 0 spiro atoms. The van der Waals surface area contributed by atoms with Crippen LogP contribution in [0.15, 0.2) is 12.1 Å². The van der Waals surface area contributed by atoms with Gasteiger partial charge in [0.05, 0.1) is 7.11 Å². The number of aryl methyl sites for hydroxylation is 3. The molecule has 0 aliphatic heterocycles. The number of rotatable bonds is 8. The first-order chi connectivity index (χ1) is 9.39. The van der Waals surface area contributed by atoms with Crippen LogP contribution in [0.1, 0.15) is 50.3 Å². The van der Waals surface area contributed by atoms with E-state index in [-0.39, 0.29) is 0 Å². The summed E-state index contributed by atoms with van der Waals surface area (Å²) < 4.78 is 5.43. The molecule has 1 aromatic carbocycles. The van der Waals surface area contributed by atoms with E-state index in [1.54, 1.807) is 7.11 Å². The maximum Gasteiger partial charge on any atom is 0.124 e. The van der Waals surface area contributed by atoms with Gasteiger partial charge in [-0.2, -0.15) is 0 Å². The maximum atomic E-state index is 5.43. The van der Waals surface area contributed by atoms with Gasteiger partial charge in [0.1, 0.15) is 5.75 Å². The van der Waals surface area contributed by atoms with Crippen LogP contribution in [-0.2, 0) is 6.42 Å². The van der Waals surface area contributed by atoms with Crippen molar-refractivity contribution in [2.24, 2.45) is 5.41 Å². The van der Waals surface area contributed by atoms with Crippen LogP contribution in [0.3, 0.4) is 0 Å². The van der Waals surface area contributed by atoms with E-state index in [9.17, 15) is 0 Å². The lowest BCUT2D eigenvalue weighted by Crippen LogP contribution is -2.22. The Kier molecular flexibility index (Phi) is 6.54. The highest BCUT2D eigenvalue weighted by molar-refractivity contribution is 5.43. The molecule has 0 aromatic heterocycles. The van der Waals surface area contributed by atoms with E-state index in [4.69, 9.17) is 4.74 Å². The highest BCUT2D eigenvalue weighted by Crippen LogP contribution is 2.29. The third-order valence-corrected chi connectivity index (χ3v) is 4.04. The van der Waals surface area contributed by atoms with Gasteiger partial charge in [-0.15, -0.1) is 0 Å². The van der Waals surface area contributed by atoms with Crippen LogP contribution in [0.2, 0.25) is 0 Å². The summed E-state index contributed by atoms with van der Waals surface area (Å²) in [7, 11) is 1.75. The third-order valence-electron chi connectivity index (χ3n) is 4.04. The van der Waals surface area contributed by atoms with Crippen molar-refractivity contribution in [2.45, 2.75) is 53.9 Å². The normalized spacial score (nSPS) is 11.7. The summed E-state index contributed by atoms with van der Waals surface area (Å²) >= 11 is 0. The van der Waals surface area contributed by atoms with E-state index in [1.165, 1.54) is 29.5 Å². The minimum Gasteiger partial charge on any atom is -0.496 e. The largest absolute Gasteiger partial charge is 0.496 e. The second kappa shape index (κ2) is 7.68. The highest BCUT2D eigenvalue weighted by atomic mass is 16.5. The van der Waals surface area contributed by atoms with Crippen molar-refractivity contribution in [3.63, 3.8) is 0 Å². The highest BCUT2D eigenvalue weighted by Gasteiger charge is 2.17. The summed E-state index contributed by atoms with van der Waals surface area (Å²) in [4.78, 5) is 0. The minimum atomic E-state index is 0.393. The summed E-state index contributed by atoms with van der Waals surface area (Å²) in [6, 6.07) is 4.54. The second-order valence-corrected chi connectivity index (χ2v) is 6.53. The molecule has 1 aromatic rings. The molecule has 0 aliphatic rings. The van der Waals surface area contributed by atoms with E-state index in [1.807, 2.05) is 0 Å². The quantitative estimate of drug-likeness (QED) is 0.716. The van der Waals surface area contributed by atoms with Crippen molar-refractivity contribution in [3.05, 3.63) is 28.8 Å². The fraction of sp³-hybridized carbons (Fsp3) is 0.667. The molecule has 2 heteroatoms. The van der Waals surface area contributed by atoms with E-state index >= 15 is 0 Å². The lowest BCUT2D eigenvalue weighted by Gasteiger charge is -2.25. The van der Waals surface area contributed by atoms with Gasteiger partial charge in [0, 0.05) is 0 Å². The van der Waals surface area contributed by atoms with E-state index in [2.05, 4.69) is 52.1 Å². The smallest absolute Gasteiger partial charge is 0.124 e. The molecule has 20 heavy (non-hydrogen) atoms. The van der Waals surface area contributed by atoms with Crippen LogP contribution in [0.5, 0.6) is 5.75 Å². The van der Waals surface area contributed by atoms with Crippen LogP contribution in [0.25, 0.3) is 0 Å². The Morgan fingerprint density at radius 3 is 2.20 bits per heavy atom. The monoisotopic (exact) mass is 277 g/mol. The zero-order valence-electron chi connectivity index (χ0n) is 14.1. The molecule has 0 bridgehead atoms. The minimum absolute atomic E-state index is 0.393. The molecule has 0 fully saturated rings. The summed E-state index contributed by atoms with van der Waals surface area (Å²) in [5.74, 6) is 1.03. The van der Waals surface area contributed by atoms with Gasteiger partial charge >= 0.3 is 0 Å². The molecule has 0 aliphatic carbocycles. The molecule has 114 valence electrons. The number of hydrogen-bond donors (Lipinski definition) is 1. The Morgan fingerprint density at radius 2 is 1.70 bits per heavy atom. The van der Waals surface area contributed by atoms with Gasteiger partial charge in [-0.05, 0) is 68.3 Å². The first-order valence-corrected chi connectivity index (χ1v) is 7.74. The predicted molar refractivity (Wildman–Crippen MR) is 87.7 cm³/mol. The lowest BCUT2D eigenvalue weighted by atomic mass is 9.83. The lowest BCUT2D eigenvalue weighted by molar-refractivity contribution is 0.303. The van der Waals surface area contributed by atoms with Gasteiger partial charge < -0.3 is 10.1 Å². The molecule has 1 N–H and O–H groups in total. The Balaban J connectivity index is 2.61. The maximum absolute atomic E-state index is 5.43. The average molecular weight is 277 g/mol. The number of benzene rings is 1. The number of hydrogen-bond acceptors (Lipinski definition) is 2. The first-order valence-electron chi connectivity index (χ1n) is 7.74. The molecule has 1 rings (SSSR count). The van der Waals surface area contributed by atoms with Gasteiger partial charge in [0.25, 0.3) is 0 Å². The fourth-order valence-electron chi connectivity index (χ4n) is 2.72. The topological polar surface area (TPSA) is 21.3 Å². The molecular weight excluding hydrogens is 246 g/mol. The van der Waals surface area contributed by atoms with Crippen LogP contribution < -0.4 is 10.1 Å². The van der Waals surface area contributed by atoms with Gasteiger partial charge in [-0.3, -0.25) is 0 Å². The van der Waals surface area contributed by atoms with E-state index in [0.717, 1.165) is 25.3 Å². The zero-order chi connectivity index (χ0) is 15.2. The number of methoxy groups -OCH3 is 1. The van der Waals surface area contributed by atoms with Crippen molar-refractivity contribution in [2.75, 3.05) is 20.2 Å². The fourth-order valence-corrected chi connectivity index (χ4v) is 2.72. The van der Waals surface area contributed by atoms with Crippen LogP contribution in [0.4, 0.5) is 0 Å². The summed E-state index contributed by atoms with van der Waals surface area (Å²) in [5, 5.41) is 3.42. The Labute approximate surface area is 124 Å². The standard InChI is InChI=1S/C18H31NO/c1-7-19-11-10-18(4,5)9-8-16-12-14(2)17(20-6)15(3)13-16/h12-13,19H,7-11H2,1-6H3. The Bertz CT molecular complexity index is 400. The van der Waals surface area contributed by atoms with Gasteiger partial charge in [-0.25, -0.2) is 0 Å². The molecule has 0 heterocycles. The van der Waals surface area contributed by atoms with Crippen LogP contribution >= 0.6 is 0 Å². The molecule has 0 radical (unpaired) electrons. The van der Waals surface area contributed by atoms with Gasteiger partial charge in [0.15, 0.2) is 0 Å². The molecule has 0 saturated carbocycles. The Hall–Kier alpha value is -1.02. The number of ether oxygens (including phenoxy) is 1. The Morgan fingerprint density at radius 1 is 1.10 bits per heavy atom. The van der Waals surface area contributed by atoms with Crippen molar-refractivity contribution in [1.82, 2.24) is 5.32 Å². The molecule has 2 nitrogen and oxygen atoms in total. The van der Waals surface area contributed by atoms with E-state index in [0.29, 0.717) is 5.41 Å². The van der Waals surface area contributed by atoms with Crippen molar-refractivity contribution in [3.8, 4) is 5.75 Å². The van der Waals surface area contributed by atoms with Crippen LogP contribution in [0, 0.1) is 19.3 Å². The SMILES string of the molecule is CCNCCC(C)(C)CCc1cc(C)c(OC)c(C)c1. The van der Waals surface area contributed by atoms with Gasteiger partial charge in [-0.1, -0.05) is 32.9 Å². The van der Waals surface area contributed by atoms with Crippen molar-refractivity contribution < 1.29 is 4.74 Å². The van der Waals surface area contributed by atoms with E-state index < -0.39 is 0 Å².